The zero-order valence-corrected chi connectivity index (χ0v) is 11.4. The summed E-state index contributed by atoms with van der Waals surface area (Å²) in [5.74, 6) is 2.39. The van der Waals surface area contributed by atoms with Gasteiger partial charge in [-0.2, -0.15) is 0 Å². The van der Waals surface area contributed by atoms with Crippen LogP contribution in [0.1, 0.15) is 50.5 Å². The number of hydrogen-bond donors (Lipinski definition) is 1. The molecule has 1 aliphatic carbocycles. The van der Waals surface area contributed by atoms with Gasteiger partial charge in [-0.1, -0.05) is 12.1 Å². The van der Waals surface area contributed by atoms with Crippen molar-refractivity contribution in [3.63, 3.8) is 0 Å². The molecule has 1 fully saturated rings. The fourth-order valence-corrected chi connectivity index (χ4v) is 3.01. The third kappa shape index (κ3) is 3.34. The molecule has 0 saturated heterocycles. The molecule has 2 heteroatoms. The van der Waals surface area contributed by atoms with Gasteiger partial charge in [-0.3, -0.25) is 0 Å². The molecule has 98 valence electrons. The summed E-state index contributed by atoms with van der Waals surface area (Å²) in [7, 11) is 1.71. The van der Waals surface area contributed by atoms with E-state index in [1.54, 1.807) is 7.11 Å². The Balaban J connectivity index is 1.90. The molecule has 0 amide bonds. The fraction of sp³-hybridized carbons (Fsp3) is 0.562. The van der Waals surface area contributed by atoms with E-state index in [2.05, 4.69) is 24.3 Å². The maximum Gasteiger partial charge on any atom is 0.118 e. The standard InChI is InChI=1S/C16H23NO/c1-12(17)11-13-3-5-14(6-4-13)15-7-9-16(18-2)10-8-15/h7-10,13-14,17H,3-6,11H2,1-2H3. The Morgan fingerprint density at radius 1 is 1.17 bits per heavy atom. The maximum atomic E-state index is 7.58. The van der Waals surface area contributed by atoms with Gasteiger partial charge in [0.15, 0.2) is 0 Å². The summed E-state index contributed by atoms with van der Waals surface area (Å²) in [4.78, 5) is 0. The zero-order chi connectivity index (χ0) is 13.0. The summed E-state index contributed by atoms with van der Waals surface area (Å²) in [6.45, 7) is 1.93. The van der Waals surface area contributed by atoms with Crippen LogP contribution in [0.2, 0.25) is 0 Å². The third-order valence-electron chi connectivity index (χ3n) is 4.03. The van der Waals surface area contributed by atoms with Crippen LogP contribution in [0.25, 0.3) is 0 Å². The number of ether oxygens (including phenoxy) is 1. The zero-order valence-electron chi connectivity index (χ0n) is 11.4. The number of benzene rings is 1. The van der Waals surface area contributed by atoms with Gasteiger partial charge in [0.25, 0.3) is 0 Å². The molecule has 0 bridgehead atoms. The van der Waals surface area contributed by atoms with Crippen LogP contribution in [-0.4, -0.2) is 12.8 Å². The molecule has 0 atom stereocenters. The van der Waals surface area contributed by atoms with Gasteiger partial charge in [0.2, 0.25) is 0 Å². The molecule has 1 aromatic carbocycles. The van der Waals surface area contributed by atoms with Crippen molar-refractivity contribution in [3.05, 3.63) is 29.8 Å². The van der Waals surface area contributed by atoms with Crippen LogP contribution in [0.15, 0.2) is 24.3 Å². The number of hydrogen-bond acceptors (Lipinski definition) is 2. The Hall–Kier alpha value is -1.31. The van der Waals surface area contributed by atoms with Crippen molar-refractivity contribution in [1.29, 1.82) is 5.41 Å². The molecule has 1 saturated carbocycles. The predicted molar refractivity (Wildman–Crippen MR) is 75.7 cm³/mol. The van der Waals surface area contributed by atoms with Crippen molar-refractivity contribution in [2.24, 2.45) is 5.92 Å². The predicted octanol–water partition coefficient (Wildman–Crippen LogP) is 4.40. The van der Waals surface area contributed by atoms with Crippen LogP contribution in [0.3, 0.4) is 0 Å². The smallest absolute Gasteiger partial charge is 0.118 e. The first-order valence-corrected chi connectivity index (χ1v) is 6.87. The Kier molecular flexibility index (Phi) is 4.40. The van der Waals surface area contributed by atoms with E-state index in [0.717, 1.165) is 23.8 Å². The van der Waals surface area contributed by atoms with Crippen molar-refractivity contribution in [1.82, 2.24) is 0 Å². The van der Waals surface area contributed by atoms with Crippen molar-refractivity contribution < 1.29 is 4.74 Å². The minimum Gasteiger partial charge on any atom is -0.497 e. The van der Waals surface area contributed by atoms with Gasteiger partial charge in [-0.15, -0.1) is 0 Å². The Bertz CT molecular complexity index is 388. The minimum atomic E-state index is 0.707. The highest BCUT2D eigenvalue weighted by Gasteiger charge is 2.22. The number of nitrogens with one attached hydrogen (secondary N) is 1. The van der Waals surface area contributed by atoms with Crippen molar-refractivity contribution >= 4 is 5.71 Å². The number of methoxy groups -OCH3 is 1. The molecule has 0 unspecified atom stereocenters. The summed E-state index contributed by atoms with van der Waals surface area (Å²) in [5.41, 5.74) is 2.28. The molecule has 0 aromatic heterocycles. The van der Waals surface area contributed by atoms with Gasteiger partial charge >= 0.3 is 0 Å². The summed E-state index contributed by atoms with van der Waals surface area (Å²) < 4.78 is 5.19. The first-order valence-electron chi connectivity index (χ1n) is 6.87. The fourth-order valence-electron chi connectivity index (χ4n) is 3.01. The van der Waals surface area contributed by atoms with E-state index < -0.39 is 0 Å². The van der Waals surface area contributed by atoms with Gasteiger partial charge in [-0.25, -0.2) is 0 Å². The molecule has 2 nitrogen and oxygen atoms in total. The second-order valence-electron chi connectivity index (χ2n) is 5.48. The van der Waals surface area contributed by atoms with E-state index in [1.165, 1.54) is 31.2 Å². The molecule has 1 aliphatic rings. The minimum absolute atomic E-state index is 0.707. The molecule has 1 N–H and O–H groups in total. The van der Waals surface area contributed by atoms with Gasteiger partial charge in [0.05, 0.1) is 7.11 Å². The summed E-state index contributed by atoms with van der Waals surface area (Å²) in [6.07, 6.45) is 6.07. The SMILES string of the molecule is COc1ccc(C2CCC(CC(C)=N)CC2)cc1. The highest BCUT2D eigenvalue weighted by molar-refractivity contribution is 5.78. The molecular weight excluding hydrogens is 222 g/mol. The monoisotopic (exact) mass is 245 g/mol. The van der Waals surface area contributed by atoms with Crippen molar-refractivity contribution in [2.75, 3.05) is 7.11 Å². The number of rotatable bonds is 4. The van der Waals surface area contributed by atoms with Gasteiger partial charge in [0.1, 0.15) is 5.75 Å². The molecule has 0 aliphatic heterocycles. The Morgan fingerprint density at radius 2 is 1.78 bits per heavy atom. The van der Waals surface area contributed by atoms with E-state index in [9.17, 15) is 0 Å². The highest BCUT2D eigenvalue weighted by Crippen LogP contribution is 2.37. The van der Waals surface area contributed by atoms with Crippen LogP contribution < -0.4 is 4.74 Å². The lowest BCUT2D eigenvalue weighted by molar-refractivity contribution is 0.333. The molecular formula is C16H23NO. The average molecular weight is 245 g/mol. The molecule has 1 aromatic rings. The van der Waals surface area contributed by atoms with Crippen molar-refractivity contribution in [3.8, 4) is 5.75 Å². The lowest BCUT2D eigenvalue weighted by Crippen LogP contribution is -2.15. The molecule has 0 heterocycles. The Morgan fingerprint density at radius 3 is 2.28 bits per heavy atom. The second-order valence-corrected chi connectivity index (χ2v) is 5.48. The van der Waals surface area contributed by atoms with Gasteiger partial charge in [-0.05, 0) is 68.6 Å². The van der Waals surface area contributed by atoms with Gasteiger partial charge < -0.3 is 10.1 Å². The molecule has 0 spiro atoms. The largest absolute Gasteiger partial charge is 0.497 e. The van der Waals surface area contributed by atoms with Crippen LogP contribution in [0, 0.1) is 11.3 Å². The van der Waals surface area contributed by atoms with Crippen LogP contribution >= 0.6 is 0 Å². The Labute approximate surface area is 110 Å². The summed E-state index contributed by atoms with van der Waals surface area (Å²) in [5, 5.41) is 7.58. The maximum absolute atomic E-state index is 7.58. The van der Waals surface area contributed by atoms with Gasteiger partial charge in [0, 0.05) is 5.71 Å². The quantitative estimate of drug-likeness (QED) is 0.784. The van der Waals surface area contributed by atoms with Crippen LogP contribution in [0.5, 0.6) is 5.75 Å². The molecule has 2 rings (SSSR count). The first-order chi connectivity index (χ1) is 8.69. The molecule has 18 heavy (non-hydrogen) atoms. The topological polar surface area (TPSA) is 33.1 Å². The van der Waals surface area contributed by atoms with E-state index >= 15 is 0 Å². The first kappa shape index (κ1) is 13.1. The van der Waals surface area contributed by atoms with E-state index in [-0.39, 0.29) is 0 Å². The van der Waals surface area contributed by atoms with E-state index in [1.807, 2.05) is 6.92 Å². The van der Waals surface area contributed by atoms with E-state index in [4.69, 9.17) is 10.1 Å². The lowest BCUT2D eigenvalue weighted by atomic mass is 9.77. The molecule has 0 radical (unpaired) electrons. The normalized spacial score (nSPS) is 23.7. The second kappa shape index (κ2) is 6.03. The summed E-state index contributed by atoms with van der Waals surface area (Å²) in [6, 6.07) is 8.52. The van der Waals surface area contributed by atoms with Crippen LogP contribution in [0.4, 0.5) is 0 Å². The third-order valence-corrected chi connectivity index (χ3v) is 4.03. The average Bonchev–Trinajstić information content (AvgIpc) is 2.39. The summed E-state index contributed by atoms with van der Waals surface area (Å²) >= 11 is 0. The van der Waals surface area contributed by atoms with Crippen molar-refractivity contribution in [2.45, 2.75) is 44.9 Å². The van der Waals surface area contributed by atoms with E-state index in [0.29, 0.717) is 5.92 Å². The lowest BCUT2D eigenvalue weighted by Gasteiger charge is -2.28. The highest BCUT2D eigenvalue weighted by atomic mass is 16.5. The van der Waals surface area contributed by atoms with Crippen LogP contribution in [-0.2, 0) is 0 Å².